The number of nitrogen functional groups attached to an aromatic ring is 1. The molecular formula is C13H19N3O2. The van der Waals surface area contributed by atoms with E-state index in [1.807, 2.05) is 0 Å². The average molecular weight is 249 g/mol. The molecule has 1 saturated carbocycles. The van der Waals surface area contributed by atoms with E-state index in [4.69, 9.17) is 10.5 Å². The summed E-state index contributed by atoms with van der Waals surface area (Å²) in [5.41, 5.74) is 6.46. The van der Waals surface area contributed by atoms with Crippen LogP contribution in [-0.4, -0.2) is 23.6 Å². The first-order valence-electron chi connectivity index (χ1n) is 6.34. The van der Waals surface area contributed by atoms with Crippen molar-refractivity contribution in [1.82, 2.24) is 4.98 Å². The topological polar surface area (TPSA) is 77.2 Å². The molecule has 5 heteroatoms. The summed E-state index contributed by atoms with van der Waals surface area (Å²) in [5.74, 6) is 1.01. The number of nitrogens with two attached hydrogens (primary N) is 1. The van der Waals surface area contributed by atoms with Gasteiger partial charge in [-0.05, 0) is 25.3 Å². The fraction of sp³-hybridized carbons (Fsp3) is 0.538. The van der Waals surface area contributed by atoms with Gasteiger partial charge in [-0.1, -0.05) is 13.3 Å². The van der Waals surface area contributed by atoms with E-state index in [2.05, 4.69) is 17.2 Å². The summed E-state index contributed by atoms with van der Waals surface area (Å²) in [7, 11) is 0. The van der Waals surface area contributed by atoms with Gasteiger partial charge in [0.05, 0.1) is 24.1 Å². The van der Waals surface area contributed by atoms with Crippen molar-refractivity contribution < 1.29 is 9.53 Å². The minimum atomic E-state index is -0.400. The van der Waals surface area contributed by atoms with Crippen LogP contribution in [0, 0.1) is 5.92 Å². The van der Waals surface area contributed by atoms with Gasteiger partial charge in [0.25, 0.3) is 0 Å². The van der Waals surface area contributed by atoms with E-state index in [0.717, 1.165) is 18.8 Å². The number of hydrogen-bond donors (Lipinski definition) is 2. The Hall–Kier alpha value is -1.78. The molecule has 0 aliphatic heterocycles. The number of nitrogens with one attached hydrogen (secondary N) is 1. The first kappa shape index (κ1) is 12.7. The number of carbonyl (C=O) groups excluding carboxylic acids is 1. The first-order valence-corrected chi connectivity index (χ1v) is 6.34. The van der Waals surface area contributed by atoms with Crippen molar-refractivity contribution in [3.63, 3.8) is 0 Å². The van der Waals surface area contributed by atoms with E-state index < -0.39 is 5.97 Å². The number of pyridine rings is 1. The molecule has 1 aliphatic carbocycles. The lowest BCUT2D eigenvalue weighted by molar-refractivity contribution is 0.0527. The summed E-state index contributed by atoms with van der Waals surface area (Å²) >= 11 is 0. The van der Waals surface area contributed by atoms with E-state index in [1.54, 1.807) is 13.0 Å². The molecule has 1 aliphatic rings. The molecule has 2 rings (SSSR count). The number of carbonyl (C=O) groups is 1. The number of esters is 1. The van der Waals surface area contributed by atoms with E-state index in [0.29, 0.717) is 29.7 Å². The normalized spacial score (nSPS) is 21.4. The van der Waals surface area contributed by atoms with Gasteiger partial charge in [0.1, 0.15) is 5.82 Å². The number of anilines is 2. The molecule has 1 heterocycles. The lowest BCUT2D eigenvalue weighted by Gasteiger charge is -2.09. The molecule has 1 aromatic rings. The number of ether oxygens (including phenoxy) is 1. The van der Waals surface area contributed by atoms with Crippen molar-refractivity contribution in [3.05, 3.63) is 17.8 Å². The van der Waals surface area contributed by atoms with Crippen LogP contribution >= 0.6 is 0 Å². The molecule has 5 nitrogen and oxygen atoms in total. The maximum Gasteiger partial charge on any atom is 0.340 e. The van der Waals surface area contributed by atoms with Crippen LogP contribution in [0.2, 0.25) is 0 Å². The third-order valence-corrected chi connectivity index (χ3v) is 3.21. The molecule has 2 unspecified atom stereocenters. The maximum absolute atomic E-state index is 11.7. The SMILES string of the molecule is CCOC(=O)c1cc(NC2CC2CC)ncc1N. The van der Waals surface area contributed by atoms with Crippen molar-refractivity contribution in [2.24, 2.45) is 5.92 Å². The highest BCUT2D eigenvalue weighted by atomic mass is 16.5. The molecule has 0 saturated heterocycles. The van der Waals surface area contributed by atoms with Crippen LogP contribution in [0.4, 0.5) is 11.5 Å². The highest BCUT2D eigenvalue weighted by Gasteiger charge is 2.35. The summed E-state index contributed by atoms with van der Waals surface area (Å²) in [6, 6.07) is 2.14. The third-order valence-electron chi connectivity index (χ3n) is 3.21. The van der Waals surface area contributed by atoms with Gasteiger partial charge in [-0.15, -0.1) is 0 Å². The molecule has 1 fully saturated rings. The lowest BCUT2D eigenvalue weighted by atomic mass is 10.2. The number of hydrogen-bond acceptors (Lipinski definition) is 5. The Bertz CT molecular complexity index is 448. The second-order valence-electron chi connectivity index (χ2n) is 4.53. The molecule has 0 bridgehead atoms. The molecule has 18 heavy (non-hydrogen) atoms. The minimum Gasteiger partial charge on any atom is -0.462 e. The minimum absolute atomic E-state index is 0.337. The van der Waals surface area contributed by atoms with Crippen molar-refractivity contribution in [1.29, 1.82) is 0 Å². The van der Waals surface area contributed by atoms with Crippen LogP contribution in [-0.2, 0) is 4.74 Å². The first-order chi connectivity index (χ1) is 8.65. The summed E-state index contributed by atoms with van der Waals surface area (Å²) in [4.78, 5) is 15.9. The summed E-state index contributed by atoms with van der Waals surface area (Å²) < 4.78 is 4.95. The monoisotopic (exact) mass is 249 g/mol. The van der Waals surface area contributed by atoms with Gasteiger partial charge < -0.3 is 15.8 Å². The van der Waals surface area contributed by atoms with Gasteiger partial charge in [-0.2, -0.15) is 0 Å². The van der Waals surface area contributed by atoms with Crippen LogP contribution in [0.5, 0.6) is 0 Å². The smallest absolute Gasteiger partial charge is 0.340 e. The predicted octanol–water partition coefficient (Wildman–Crippen LogP) is 2.05. The van der Waals surface area contributed by atoms with E-state index in [9.17, 15) is 4.79 Å². The molecule has 1 aromatic heterocycles. The Morgan fingerprint density at radius 1 is 1.61 bits per heavy atom. The summed E-state index contributed by atoms with van der Waals surface area (Å²) in [6.45, 7) is 4.28. The van der Waals surface area contributed by atoms with Gasteiger partial charge in [0.2, 0.25) is 0 Å². The molecule has 3 N–H and O–H groups in total. The van der Waals surface area contributed by atoms with Crippen molar-refractivity contribution in [3.8, 4) is 0 Å². The largest absolute Gasteiger partial charge is 0.462 e. The van der Waals surface area contributed by atoms with Crippen LogP contribution < -0.4 is 11.1 Å². The number of nitrogens with zero attached hydrogens (tertiary/aromatic N) is 1. The molecule has 0 spiro atoms. The highest BCUT2D eigenvalue weighted by molar-refractivity contribution is 5.95. The number of aromatic nitrogens is 1. The summed E-state index contributed by atoms with van der Waals surface area (Å²) in [6.07, 6.45) is 3.83. The molecular weight excluding hydrogens is 230 g/mol. The van der Waals surface area contributed by atoms with Gasteiger partial charge in [-0.25, -0.2) is 9.78 Å². The zero-order chi connectivity index (χ0) is 13.1. The number of rotatable bonds is 5. The van der Waals surface area contributed by atoms with E-state index in [1.165, 1.54) is 6.20 Å². The maximum atomic E-state index is 11.7. The average Bonchev–Trinajstić information content (AvgIpc) is 3.10. The Labute approximate surface area is 107 Å². The lowest BCUT2D eigenvalue weighted by Crippen LogP contribution is -2.11. The molecule has 0 radical (unpaired) electrons. The Morgan fingerprint density at radius 3 is 3.00 bits per heavy atom. The molecule has 2 atom stereocenters. The second-order valence-corrected chi connectivity index (χ2v) is 4.53. The quantitative estimate of drug-likeness (QED) is 0.781. The van der Waals surface area contributed by atoms with Gasteiger partial charge in [0, 0.05) is 6.04 Å². The Kier molecular flexibility index (Phi) is 3.69. The molecule has 0 aromatic carbocycles. The zero-order valence-electron chi connectivity index (χ0n) is 10.8. The van der Waals surface area contributed by atoms with Crippen molar-refractivity contribution >= 4 is 17.5 Å². The van der Waals surface area contributed by atoms with Crippen molar-refractivity contribution in [2.75, 3.05) is 17.7 Å². The molecule has 98 valence electrons. The van der Waals surface area contributed by atoms with Crippen LogP contribution in [0.15, 0.2) is 12.3 Å². The summed E-state index contributed by atoms with van der Waals surface area (Å²) in [5, 5.41) is 3.31. The van der Waals surface area contributed by atoms with Crippen LogP contribution in [0.1, 0.15) is 37.0 Å². The van der Waals surface area contributed by atoms with E-state index in [-0.39, 0.29) is 0 Å². The fourth-order valence-corrected chi connectivity index (χ4v) is 2.00. The third kappa shape index (κ3) is 2.72. The predicted molar refractivity (Wildman–Crippen MR) is 70.4 cm³/mol. The van der Waals surface area contributed by atoms with Gasteiger partial charge in [-0.3, -0.25) is 0 Å². The second kappa shape index (κ2) is 5.25. The van der Waals surface area contributed by atoms with Crippen molar-refractivity contribution in [2.45, 2.75) is 32.7 Å². The van der Waals surface area contributed by atoms with Gasteiger partial charge in [0.15, 0.2) is 0 Å². The van der Waals surface area contributed by atoms with E-state index >= 15 is 0 Å². The molecule has 0 amide bonds. The Morgan fingerprint density at radius 2 is 2.39 bits per heavy atom. The van der Waals surface area contributed by atoms with Gasteiger partial charge >= 0.3 is 5.97 Å². The fourth-order valence-electron chi connectivity index (χ4n) is 2.00. The standard InChI is InChI=1S/C13H19N3O2/c1-3-8-5-11(8)16-12-6-9(10(14)7-15-12)13(17)18-4-2/h6-8,11H,3-5,14H2,1-2H3,(H,15,16). The zero-order valence-corrected chi connectivity index (χ0v) is 10.8. The highest BCUT2D eigenvalue weighted by Crippen LogP contribution is 2.35. The van der Waals surface area contributed by atoms with Crippen LogP contribution in [0.3, 0.4) is 0 Å². The Balaban J connectivity index is 2.08. The van der Waals surface area contributed by atoms with Crippen LogP contribution in [0.25, 0.3) is 0 Å².